The van der Waals surface area contributed by atoms with Crippen LogP contribution in [0.25, 0.3) is 0 Å². The molecule has 2 aromatic heterocycles. The average molecular weight is 337 g/mol. The number of pyridine rings is 1. The van der Waals surface area contributed by atoms with Crippen molar-refractivity contribution in [3.05, 3.63) is 30.5 Å². The smallest absolute Gasteiger partial charge is 0.232 e. The minimum absolute atomic E-state index is 0.0749. The molecule has 3 rings (SSSR count). The van der Waals surface area contributed by atoms with Crippen molar-refractivity contribution in [3.8, 4) is 10.8 Å². The zero-order chi connectivity index (χ0) is 16.3. The number of hydrogen-bond acceptors (Lipinski definition) is 6. The van der Waals surface area contributed by atoms with Crippen molar-refractivity contribution in [1.29, 1.82) is 0 Å². The summed E-state index contributed by atoms with van der Waals surface area (Å²) >= 11 is 1.18. The Hall–Kier alpha value is -2.06. The van der Waals surface area contributed by atoms with E-state index in [4.69, 9.17) is 9.47 Å². The highest BCUT2D eigenvalue weighted by Gasteiger charge is 2.35. The summed E-state index contributed by atoms with van der Waals surface area (Å²) in [7, 11) is 0. The Morgan fingerprint density at radius 2 is 2.17 bits per heavy atom. The fourth-order valence-corrected chi connectivity index (χ4v) is 2.91. The number of amides is 1. The summed E-state index contributed by atoms with van der Waals surface area (Å²) in [5.41, 5.74) is -0.447. The first kappa shape index (κ1) is 15.8. The summed E-state index contributed by atoms with van der Waals surface area (Å²) < 4.78 is 23.8. The van der Waals surface area contributed by atoms with Crippen LogP contribution in [-0.4, -0.2) is 29.1 Å². The number of aromatic nitrogens is 2. The van der Waals surface area contributed by atoms with Gasteiger partial charge in [-0.3, -0.25) is 9.78 Å². The zero-order valence-corrected chi connectivity index (χ0v) is 13.4. The van der Waals surface area contributed by atoms with Crippen molar-refractivity contribution in [2.24, 2.45) is 5.41 Å². The van der Waals surface area contributed by atoms with E-state index in [1.165, 1.54) is 29.8 Å². The van der Waals surface area contributed by atoms with Gasteiger partial charge in [0.2, 0.25) is 11.0 Å². The molecule has 6 nitrogen and oxygen atoms in total. The van der Waals surface area contributed by atoms with E-state index in [0.717, 1.165) is 6.20 Å². The molecular formula is C15H16FN3O3S. The molecule has 0 spiro atoms. The van der Waals surface area contributed by atoms with Crippen molar-refractivity contribution >= 4 is 22.4 Å². The van der Waals surface area contributed by atoms with Crippen LogP contribution in [0.4, 0.5) is 9.52 Å². The largest absolute Gasteiger partial charge is 0.443 e. The Labute approximate surface area is 136 Å². The number of carbonyl (C=O) groups is 1. The van der Waals surface area contributed by atoms with Crippen LogP contribution in [0.5, 0.6) is 10.8 Å². The first-order chi connectivity index (χ1) is 11.0. The van der Waals surface area contributed by atoms with E-state index in [2.05, 4.69) is 15.3 Å². The third-order valence-corrected chi connectivity index (χ3v) is 4.54. The molecule has 1 saturated heterocycles. The van der Waals surface area contributed by atoms with Crippen molar-refractivity contribution in [1.82, 2.24) is 9.97 Å². The van der Waals surface area contributed by atoms with Crippen molar-refractivity contribution in [2.45, 2.75) is 19.8 Å². The Bertz CT molecular complexity index is 701. The van der Waals surface area contributed by atoms with Gasteiger partial charge in [-0.2, -0.15) is 0 Å². The summed E-state index contributed by atoms with van der Waals surface area (Å²) in [6.07, 6.45) is 5.35. The number of thiazole rings is 1. The lowest BCUT2D eigenvalue weighted by atomic mass is 9.81. The number of rotatable bonds is 4. The van der Waals surface area contributed by atoms with Crippen LogP contribution in [0.2, 0.25) is 0 Å². The lowest BCUT2D eigenvalue weighted by molar-refractivity contribution is -0.129. The molecule has 0 aliphatic carbocycles. The third kappa shape index (κ3) is 3.83. The molecule has 1 N–H and O–H groups in total. The maximum atomic E-state index is 13.1. The second kappa shape index (κ2) is 6.59. The maximum Gasteiger partial charge on any atom is 0.232 e. The molecule has 0 atom stereocenters. The van der Waals surface area contributed by atoms with Gasteiger partial charge >= 0.3 is 0 Å². The Morgan fingerprint density at radius 3 is 2.91 bits per heavy atom. The van der Waals surface area contributed by atoms with E-state index >= 15 is 0 Å². The van der Waals surface area contributed by atoms with Gasteiger partial charge in [0.25, 0.3) is 0 Å². The van der Waals surface area contributed by atoms with E-state index in [9.17, 15) is 9.18 Å². The Morgan fingerprint density at radius 1 is 1.39 bits per heavy atom. The van der Waals surface area contributed by atoms with Crippen molar-refractivity contribution < 1.29 is 18.7 Å². The monoisotopic (exact) mass is 337 g/mol. The van der Waals surface area contributed by atoms with E-state index in [0.29, 0.717) is 36.3 Å². The quantitative estimate of drug-likeness (QED) is 0.927. The lowest BCUT2D eigenvalue weighted by Gasteiger charge is -2.31. The summed E-state index contributed by atoms with van der Waals surface area (Å²) in [4.78, 5) is 20.2. The van der Waals surface area contributed by atoms with Crippen LogP contribution in [0.3, 0.4) is 0 Å². The number of carbonyl (C=O) groups excluding carboxylic acids is 1. The van der Waals surface area contributed by atoms with Crippen molar-refractivity contribution in [2.75, 3.05) is 18.5 Å². The number of ether oxygens (including phenoxy) is 2. The van der Waals surface area contributed by atoms with Crippen molar-refractivity contribution in [3.63, 3.8) is 0 Å². The molecule has 1 amide bonds. The number of hydrogen-bond donors (Lipinski definition) is 1. The fraction of sp³-hybridized carbons (Fsp3) is 0.400. The van der Waals surface area contributed by atoms with Crippen LogP contribution in [0.1, 0.15) is 19.8 Å². The first-order valence-corrected chi connectivity index (χ1v) is 8.00. The van der Waals surface area contributed by atoms with Crippen LogP contribution >= 0.6 is 11.3 Å². The molecule has 1 aliphatic heterocycles. The second-order valence-electron chi connectivity index (χ2n) is 5.55. The standard InChI is InChI=1S/C15H16FN3O3S/c1-15(2-4-21-5-3-15)13(20)19-14-18-9-12(23-14)22-11-6-10(16)7-17-8-11/h6-9H,2-5H2,1H3,(H,18,19,20). The van der Waals surface area contributed by atoms with E-state index in [-0.39, 0.29) is 11.7 Å². The lowest BCUT2D eigenvalue weighted by Crippen LogP contribution is -2.38. The normalized spacial score (nSPS) is 16.8. The SMILES string of the molecule is CC1(C(=O)Nc2ncc(Oc3cncc(F)c3)s2)CCOCC1. The molecule has 23 heavy (non-hydrogen) atoms. The topological polar surface area (TPSA) is 73.3 Å². The predicted octanol–water partition coefficient (Wildman–Crippen LogP) is 3.22. The summed E-state index contributed by atoms with van der Waals surface area (Å²) in [6.45, 7) is 3.10. The van der Waals surface area contributed by atoms with Crippen LogP contribution in [-0.2, 0) is 9.53 Å². The number of nitrogens with one attached hydrogen (secondary N) is 1. The highest BCUT2D eigenvalue weighted by Crippen LogP contribution is 2.34. The molecular weight excluding hydrogens is 321 g/mol. The highest BCUT2D eigenvalue weighted by molar-refractivity contribution is 7.17. The average Bonchev–Trinajstić information content (AvgIpc) is 2.95. The predicted molar refractivity (Wildman–Crippen MR) is 83.2 cm³/mol. The molecule has 2 aromatic rings. The molecule has 1 fully saturated rings. The minimum atomic E-state index is -0.479. The Balaban J connectivity index is 1.64. The van der Waals surface area contributed by atoms with E-state index in [1.54, 1.807) is 0 Å². The third-order valence-electron chi connectivity index (χ3n) is 3.75. The fourth-order valence-electron chi connectivity index (χ4n) is 2.23. The van der Waals surface area contributed by atoms with Gasteiger partial charge < -0.3 is 14.8 Å². The minimum Gasteiger partial charge on any atom is -0.443 e. The zero-order valence-electron chi connectivity index (χ0n) is 12.5. The van der Waals surface area contributed by atoms with Gasteiger partial charge in [-0.1, -0.05) is 18.3 Å². The Kier molecular flexibility index (Phi) is 4.53. The molecule has 0 aromatic carbocycles. The summed E-state index contributed by atoms with van der Waals surface area (Å²) in [5, 5.41) is 3.71. The molecule has 0 radical (unpaired) electrons. The van der Waals surface area contributed by atoms with Gasteiger partial charge in [-0.15, -0.1) is 0 Å². The van der Waals surface area contributed by atoms with Gasteiger partial charge in [-0.05, 0) is 12.8 Å². The molecule has 0 saturated carbocycles. The first-order valence-electron chi connectivity index (χ1n) is 7.19. The molecule has 1 aliphatic rings. The molecule has 122 valence electrons. The van der Waals surface area contributed by atoms with E-state index < -0.39 is 11.2 Å². The molecule has 0 bridgehead atoms. The van der Waals surface area contributed by atoms with Crippen LogP contribution in [0.15, 0.2) is 24.7 Å². The highest BCUT2D eigenvalue weighted by atomic mass is 32.1. The molecule has 0 unspecified atom stereocenters. The van der Waals surface area contributed by atoms with Gasteiger partial charge in [0, 0.05) is 19.3 Å². The second-order valence-corrected chi connectivity index (χ2v) is 6.55. The van der Waals surface area contributed by atoms with Gasteiger partial charge in [0.15, 0.2) is 5.13 Å². The van der Waals surface area contributed by atoms with Gasteiger partial charge in [0.1, 0.15) is 11.6 Å². The van der Waals surface area contributed by atoms with Gasteiger partial charge in [-0.25, -0.2) is 9.37 Å². The summed E-state index contributed by atoms with van der Waals surface area (Å²) in [6, 6.07) is 1.23. The number of halogens is 1. The van der Waals surface area contributed by atoms with Crippen LogP contribution < -0.4 is 10.1 Å². The number of nitrogens with zero attached hydrogens (tertiary/aromatic N) is 2. The maximum absolute atomic E-state index is 13.1. The molecule has 8 heteroatoms. The summed E-state index contributed by atoms with van der Waals surface area (Å²) in [5.74, 6) is -0.273. The van der Waals surface area contributed by atoms with E-state index in [1.807, 2.05) is 6.92 Å². The number of anilines is 1. The molecule has 3 heterocycles. The van der Waals surface area contributed by atoms with Gasteiger partial charge in [0.05, 0.1) is 24.0 Å². The van der Waals surface area contributed by atoms with Crippen LogP contribution in [0, 0.1) is 11.2 Å².